The number of carbonyl (C=O) groups is 1. The molecule has 0 bridgehead atoms. The lowest BCUT2D eigenvalue weighted by atomic mass is 10.1. The number of nitriles is 1. The molecule has 0 heterocycles. The molecule has 0 radical (unpaired) electrons. The van der Waals surface area contributed by atoms with E-state index in [9.17, 15) is 25.3 Å². The highest BCUT2D eigenvalue weighted by Gasteiger charge is 2.19. The average molecular weight is 504 g/mol. The van der Waals surface area contributed by atoms with Crippen LogP contribution in [0.4, 0.5) is 11.4 Å². The fraction of sp³-hybridized carbons (Fsp3) is 0. The van der Waals surface area contributed by atoms with E-state index in [-0.39, 0.29) is 30.4 Å². The van der Waals surface area contributed by atoms with Gasteiger partial charge in [0.25, 0.3) is 5.91 Å². The Kier molecular flexibility index (Phi) is 6.42. The SMILES string of the molecule is N#C/C(=C/c1cc(I)c(O)c([N+](=O)[O-])c1)C(=O)Nc1cccc(Cl)c1Cl. The van der Waals surface area contributed by atoms with Gasteiger partial charge in [-0.05, 0) is 52.4 Å². The number of hydrogen-bond donors (Lipinski definition) is 2. The fourth-order valence-electron chi connectivity index (χ4n) is 1.93. The Morgan fingerprint density at radius 3 is 2.69 bits per heavy atom. The van der Waals surface area contributed by atoms with Gasteiger partial charge in [-0.25, -0.2) is 0 Å². The summed E-state index contributed by atoms with van der Waals surface area (Å²) in [5.74, 6) is -1.25. The maximum atomic E-state index is 12.3. The minimum absolute atomic E-state index is 0.120. The Labute approximate surface area is 171 Å². The van der Waals surface area contributed by atoms with E-state index in [1.54, 1.807) is 34.7 Å². The van der Waals surface area contributed by atoms with Crippen molar-refractivity contribution in [3.63, 3.8) is 0 Å². The van der Waals surface area contributed by atoms with Gasteiger partial charge in [-0.3, -0.25) is 14.9 Å². The molecule has 0 aromatic heterocycles. The quantitative estimate of drug-likeness (QED) is 0.205. The van der Waals surface area contributed by atoms with E-state index in [0.29, 0.717) is 0 Å². The molecule has 2 N–H and O–H groups in total. The maximum absolute atomic E-state index is 12.3. The highest BCUT2D eigenvalue weighted by atomic mass is 127. The van der Waals surface area contributed by atoms with Crippen molar-refractivity contribution in [1.82, 2.24) is 0 Å². The van der Waals surface area contributed by atoms with Crippen LogP contribution in [0.3, 0.4) is 0 Å². The number of phenolic OH excluding ortho intramolecular Hbond substituents is 1. The van der Waals surface area contributed by atoms with Crippen molar-refractivity contribution < 1.29 is 14.8 Å². The highest BCUT2D eigenvalue weighted by Crippen LogP contribution is 2.33. The number of carbonyl (C=O) groups excluding carboxylic acids is 1. The molecule has 2 aromatic carbocycles. The first-order valence-electron chi connectivity index (χ1n) is 6.78. The molecular weight excluding hydrogens is 496 g/mol. The fourth-order valence-corrected chi connectivity index (χ4v) is 2.92. The molecule has 0 unspecified atom stereocenters. The van der Waals surface area contributed by atoms with E-state index in [4.69, 9.17) is 23.2 Å². The molecule has 7 nitrogen and oxygen atoms in total. The summed E-state index contributed by atoms with van der Waals surface area (Å²) in [6, 6.07) is 8.82. The summed E-state index contributed by atoms with van der Waals surface area (Å²) in [6.45, 7) is 0. The van der Waals surface area contributed by atoms with E-state index >= 15 is 0 Å². The number of phenols is 1. The van der Waals surface area contributed by atoms with Crippen LogP contribution in [-0.4, -0.2) is 15.9 Å². The monoisotopic (exact) mass is 503 g/mol. The normalized spacial score (nSPS) is 10.9. The third-order valence-corrected chi connectivity index (χ3v) is 4.78. The van der Waals surface area contributed by atoms with Gasteiger partial charge in [0.05, 0.1) is 24.2 Å². The number of nitrogens with one attached hydrogen (secondary N) is 1. The minimum atomic E-state index is -0.762. The number of nitro groups is 1. The topological polar surface area (TPSA) is 116 Å². The molecule has 2 aromatic rings. The van der Waals surface area contributed by atoms with Crippen LogP contribution in [0, 0.1) is 25.0 Å². The van der Waals surface area contributed by atoms with Crippen molar-refractivity contribution in [3.8, 4) is 11.8 Å². The molecule has 1 amide bonds. The molecule has 2 rings (SSSR count). The van der Waals surface area contributed by atoms with Crippen molar-refractivity contribution in [2.24, 2.45) is 0 Å². The molecule has 0 fully saturated rings. The van der Waals surface area contributed by atoms with Crippen molar-refractivity contribution >= 4 is 69.2 Å². The van der Waals surface area contributed by atoms with Gasteiger partial charge in [-0.1, -0.05) is 29.3 Å². The van der Waals surface area contributed by atoms with Gasteiger partial charge in [-0.2, -0.15) is 5.26 Å². The molecule has 0 saturated carbocycles. The largest absolute Gasteiger partial charge is 0.501 e. The lowest BCUT2D eigenvalue weighted by molar-refractivity contribution is -0.386. The van der Waals surface area contributed by atoms with E-state index in [2.05, 4.69) is 5.32 Å². The van der Waals surface area contributed by atoms with Gasteiger partial charge >= 0.3 is 5.69 Å². The molecule has 0 spiro atoms. The van der Waals surface area contributed by atoms with Crippen LogP contribution in [0.15, 0.2) is 35.9 Å². The lowest BCUT2D eigenvalue weighted by Crippen LogP contribution is -2.13. The molecule has 0 aliphatic carbocycles. The number of hydrogen-bond acceptors (Lipinski definition) is 5. The molecular formula is C16H8Cl2IN3O4. The zero-order valence-corrected chi connectivity index (χ0v) is 16.3. The van der Waals surface area contributed by atoms with Crippen LogP contribution in [0.25, 0.3) is 6.08 Å². The van der Waals surface area contributed by atoms with E-state index in [1.165, 1.54) is 24.3 Å². The predicted octanol–water partition coefficient (Wildman–Crippen LogP) is 4.76. The lowest BCUT2D eigenvalue weighted by Gasteiger charge is -2.07. The number of nitro benzene ring substituents is 1. The second kappa shape index (κ2) is 8.35. The van der Waals surface area contributed by atoms with Gasteiger partial charge in [0.2, 0.25) is 5.75 Å². The first kappa shape index (κ1) is 20.0. The standard InChI is InChI=1S/C16H8Cl2IN3O4/c17-10-2-1-3-12(14(10)18)21-16(24)9(7-20)4-8-5-11(19)15(23)13(6-8)22(25)26/h1-6,23H,(H,21,24)/b9-4-. The van der Waals surface area contributed by atoms with Crippen molar-refractivity contribution in [2.45, 2.75) is 0 Å². The Bertz CT molecular complexity index is 986. The Hall–Kier alpha value is -2.35. The number of aromatic hydroxyl groups is 1. The van der Waals surface area contributed by atoms with Crippen LogP contribution >= 0.6 is 45.8 Å². The second-order valence-electron chi connectivity index (χ2n) is 4.85. The van der Waals surface area contributed by atoms with Crippen molar-refractivity contribution in [3.05, 3.63) is 65.2 Å². The van der Waals surface area contributed by atoms with Gasteiger partial charge in [-0.15, -0.1) is 0 Å². The number of anilines is 1. The number of amides is 1. The first-order chi connectivity index (χ1) is 12.2. The Balaban J connectivity index is 2.39. The third kappa shape index (κ3) is 4.43. The zero-order valence-electron chi connectivity index (χ0n) is 12.7. The van der Waals surface area contributed by atoms with Gasteiger partial charge in [0.15, 0.2) is 0 Å². The summed E-state index contributed by atoms with van der Waals surface area (Å²) < 4.78 is 0.207. The van der Waals surface area contributed by atoms with Crippen LogP contribution in [0.2, 0.25) is 10.0 Å². The number of rotatable bonds is 4. The second-order valence-corrected chi connectivity index (χ2v) is 6.80. The van der Waals surface area contributed by atoms with E-state index in [0.717, 1.165) is 6.07 Å². The molecule has 0 atom stereocenters. The Morgan fingerprint density at radius 2 is 2.08 bits per heavy atom. The van der Waals surface area contributed by atoms with Gasteiger partial charge in [0.1, 0.15) is 11.6 Å². The highest BCUT2D eigenvalue weighted by molar-refractivity contribution is 14.1. The average Bonchev–Trinajstić information content (AvgIpc) is 2.59. The molecule has 132 valence electrons. The summed E-state index contributed by atoms with van der Waals surface area (Å²) in [4.78, 5) is 22.5. The summed E-state index contributed by atoms with van der Waals surface area (Å²) in [5.41, 5.74) is -0.407. The number of nitrogens with zero attached hydrogens (tertiary/aromatic N) is 2. The molecule has 0 saturated heterocycles. The van der Waals surface area contributed by atoms with Gasteiger partial charge in [0, 0.05) is 6.07 Å². The molecule has 26 heavy (non-hydrogen) atoms. The van der Waals surface area contributed by atoms with E-state index in [1.807, 2.05) is 0 Å². The van der Waals surface area contributed by atoms with Crippen LogP contribution < -0.4 is 5.32 Å². The summed E-state index contributed by atoms with van der Waals surface area (Å²) in [6.07, 6.45) is 1.17. The van der Waals surface area contributed by atoms with E-state index < -0.39 is 22.3 Å². The third-order valence-electron chi connectivity index (χ3n) is 3.14. The minimum Gasteiger partial charge on any atom is -0.501 e. The zero-order chi connectivity index (χ0) is 19.4. The number of halogens is 3. The van der Waals surface area contributed by atoms with Crippen LogP contribution in [0.5, 0.6) is 5.75 Å². The smallest absolute Gasteiger partial charge is 0.312 e. The summed E-state index contributed by atoms with van der Waals surface area (Å²) in [7, 11) is 0. The van der Waals surface area contributed by atoms with Crippen LogP contribution in [-0.2, 0) is 4.79 Å². The molecule has 10 heteroatoms. The molecule has 0 aliphatic rings. The van der Waals surface area contributed by atoms with Gasteiger partial charge < -0.3 is 10.4 Å². The summed E-state index contributed by atoms with van der Waals surface area (Å²) >= 11 is 13.6. The molecule has 0 aliphatic heterocycles. The summed E-state index contributed by atoms with van der Waals surface area (Å²) in [5, 5.41) is 32.7. The first-order valence-corrected chi connectivity index (χ1v) is 8.62. The van der Waals surface area contributed by atoms with Crippen molar-refractivity contribution in [1.29, 1.82) is 5.26 Å². The Morgan fingerprint density at radius 1 is 1.38 bits per heavy atom. The maximum Gasteiger partial charge on any atom is 0.312 e. The number of benzene rings is 2. The van der Waals surface area contributed by atoms with Crippen LogP contribution in [0.1, 0.15) is 5.56 Å². The van der Waals surface area contributed by atoms with Crippen molar-refractivity contribution in [2.75, 3.05) is 5.32 Å². The predicted molar refractivity (Wildman–Crippen MR) is 106 cm³/mol.